The van der Waals surface area contributed by atoms with Crippen LogP contribution in [0.15, 0.2) is 47.4 Å². The van der Waals surface area contributed by atoms with E-state index >= 15 is 0 Å². The minimum Gasteiger partial charge on any atom is -0.300 e. The highest BCUT2D eigenvalue weighted by atomic mass is 35.5. The van der Waals surface area contributed by atoms with E-state index in [1.807, 2.05) is 38.1 Å². The smallest absolute Gasteiger partial charge is 0.243 e. The molecule has 1 fully saturated rings. The number of nitrogens with zero attached hydrogens (tertiary/aromatic N) is 2. The van der Waals surface area contributed by atoms with Gasteiger partial charge >= 0.3 is 0 Å². The summed E-state index contributed by atoms with van der Waals surface area (Å²) in [4.78, 5) is 2.71. The molecule has 6 heteroatoms. The molecule has 2 aromatic carbocycles. The number of hydrogen-bond donors (Lipinski definition) is 0. The summed E-state index contributed by atoms with van der Waals surface area (Å²) in [6.07, 6.45) is 0.921. The lowest BCUT2D eigenvalue weighted by atomic mass is 10.1. The zero-order valence-electron chi connectivity index (χ0n) is 15.3. The summed E-state index contributed by atoms with van der Waals surface area (Å²) in [6, 6.07) is 13.3. The van der Waals surface area contributed by atoms with Gasteiger partial charge in [-0.25, -0.2) is 8.42 Å². The molecule has 0 N–H and O–H groups in total. The Morgan fingerprint density at radius 1 is 0.962 bits per heavy atom. The van der Waals surface area contributed by atoms with E-state index in [0.717, 1.165) is 42.2 Å². The van der Waals surface area contributed by atoms with Crippen LogP contribution in [0.25, 0.3) is 0 Å². The first-order valence-electron chi connectivity index (χ1n) is 8.90. The van der Waals surface area contributed by atoms with Gasteiger partial charge in [0.15, 0.2) is 0 Å². The second-order valence-corrected chi connectivity index (χ2v) is 9.25. The summed E-state index contributed by atoms with van der Waals surface area (Å²) in [5.41, 5.74) is 3.32. The molecule has 0 bridgehead atoms. The number of halogens is 1. The molecule has 26 heavy (non-hydrogen) atoms. The first kappa shape index (κ1) is 19.4. The highest BCUT2D eigenvalue weighted by molar-refractivity contribution is 7.89. The summed E-state index contributed by atoms with van der Waals surface area (Å²) in [6.45, 7) is 7.43. The van der Waals surface area contributed by atoms with Crippen molar-refractivity contribution < 1.29 is 8.42 Å². The fourth-order valence-electron chi connectivity index (χ4n) is 3.20. The SMILES string of the molecule is Cc1ccc(S(=O)(=O)N2CCN(CCc3cccc(Cl)c3)CC2)cc1C. The van der Waals surface area contributed by atoms with Crippen LogP contribution < -0.4 is 0 Å². The van der Waals surface area contributed by atoms with Crippen molar-refractivity contribution in [3.63, 3.8) is 0 Å². The Hall–Kier alpha value is -1.40. The Morgan fingerprint density at radius 3 is 2.35 bits per heavy atom. The van der Waals surface area contributed by atoms with Crippen molar-refractivity contribution in [2.45, 2.75) is 25.2 Å². The number of hydrogen-bond acceptors (Lipinski definition) is 3. The number of piperazine rings is 1. The monoisotopic (exact) mass is 392 g/mol. The van der Waals surface area contributed by atoms with Gasteiger partial charge in [0.2, 0.25) is 10.0 Å². The van der Waals surface area contributed by atoms with E-state index < -0.39 is 10.0 Å². The Bertz CT molecular complexity index is 875. The first-order chi connectivity index (χ1) is 12.4. The van der Waals surface area contributed by atoms with Crippen LogP contribution in [-0.4, -0.2) is 50.3 Å². The molecule has 140 valence electrons. The summed E-state index contributed by atoms with van der Waals surface area (Å²) in [7, 11) is -3.41. The van der Waals surface area contributed by atoms with Gasteiger partial charge in [0.05, 0.1) is 4.90 Å². The van der Waals surface area contributed by atoms with Crippen molar-refractivity contribution in [3.05, 3.63) is 64.2 Å². The van der Waals surface area contributed by atoms with Crippen LogP contribution in [0.4, 0.5) is 0 Å². The Morgan fingerprint density at radius 2 is 1.69 bits per heavy atom. The minimum absolute atomic E-state index is 0.396. The average Bonchev–Trinajstić information content (AvgIpc) is 2.62. The van der Waals surface area contributed by atoms with E-state index in [2.05, 4.69) is 11.0 Å². The van der Waals surface area contributed by atoms with Gasteiger partial charge in [-0.05, 0) is 61.2 Å². The summed E-state index contributed by atoms with van der Waals surface area (Å²) in [5, 5.41) is 0.756. The standard InChI is InChI=1S/C20H25ClN2O2S/c1-16-6-7-20(14-17(16)2)26(24,25)23-12-10-22(11-13-23)9-8-18-4-3-5-19(21)15-18/h3-7,14-15H,8-13H2,1-2H3. The lowest BCUT2D eigenvalue weighted by Crippen LogP contribution is -2.49. The molecule has 1 saturated heterocycles. The second kappa shape index (κ2) is 8.09. The molecule has 0 radical (unpaired) electrons. The molecule has 1 aliphatic rings. The molecule has 0 unspecified atom stereocenters. The van der Waals surface area contributed by atoms with Crippen molar-refractivity contribution in [1.82, 2.24) is 9.21 Å². The third-order valence-corrected chi connectivity index (χ3v) is 7.18. The lowest BCUT2D eigenvalue weighted by molar-refractivity contribution is 0.190. The van der Waals surface area contributed by atoms with E-state index in [-0.39, 0.29) is 0 Å². The Kier molecular flexibility index (Phi) is 6.03. The molecule has 4 nitrogen and oxygen atoms in total. The zero-order chi connectivity index (χ0) is 18.7. The summed E-state index contributed by atoms with van der Waals surface area (Å²) in [5.74, 6) is 0. The number of aryl methyl sites for hydroxylation is 2. The van der Waals surface area contributed by atoms with Crippen molar-refractivity contribution in [3.8, 4) is 0 Å². The molecule has 1 aliphatic heterocycles. The maximum absolute atomic E-state index is 12.9. The van der Waals surface area contributed by atoms with Crippen molar-refractivity contribution in [2.75, 3.05) is 32.7 Å². The van der Waals surface area contributed by atoms with E-state index in [1.54, 1.807) is 16.4 Å². The van der Waals surface area contributed by atoms with Crippen molar-refractivity contribution in [1.29, 1.82) is 0 Å². The number of sulfonamides is 1. The predicted octanol–water partition coefficient (Wildman–Crippen LogP) is 3.51. The molecule has 1 heterocycles. The van der Waals surface area contributed by atoms with Crippen molar-refractivity contribution >= 4 is 21.6 Å². The molecule has 0 atom stereocenters. The maximum atomic E-state index is 12.9. The highest BCUT2D eigenvalue weighted by Crippen LogP contribution is 2.20. The van der Waals surface area contributed by atoms with Crippen LogP contribution in [-0.2, 0) is 16.4 Å². The summed E-state index contributed by atoms with van der Waals surface area (Å²) >= 11 is 6.03. The van der Waals surface area contributed by atoms with Crippen LogP contribution in [0.5, 0.6) is 0 Å². The molecule has 0 spiro atoms. The molecule has 0 aliphatic carbocycles. The summed E-state index contributed by atoms with van der Waals surface area (Å²) < 4.78 is 27.3. The van der Waals surface area contributed by atoms with Crippen LogP contribution in [0.2, 0.25) is 5.02 Å². The zero-order valence-corrected chi connectivity index (χ0v) is 16.9. The Labute approximate surface area is 161 Å². The van der Waals surface area contributed by atoms with Gasteiger partial charge in [0.1, 0.15) is 0 Å². The molecular weight excluding hydrogens is 368 g/mol. The van der Waals surface area contributed by atoms with Gasteiger partial charge in [0, 0.05) is 37.7 Å². The average molecular weight is 393 g/mol. The normalized spacial score (nSPS) is 16.7. The quantitative estimate of drug-likeness (QED) is 0.781. The fourth-order valence-corrected chi connectivity index (χ4v) is 4.92. The molecular formula is C20H25ClN2O2S. The van der Waals surface area contributed by atoms with Crippen LogP contribution >= 0.6 is 11.6 Å². The van der Waals surface area contributed by atoms with E-state index in [1.165, 1.54) is 5.56 Å². The topological polar surface area (TPSA) is 40.6 Å². The van der Waals surface area contributed by atoms with E-state index in [9.17, 15) is 8.42 Å². The maximum Gasteiger partial charge on any atom is 0.243 e. The number of rotatable bonds is 5. The Balaban J connectivity index is 1.58. The number of benzene rings is 2. The second-order valence-electron chi connectivity index (χ2n) is 6.87. The third-order valence-electron chi connectivity index (χ3n) is 5.05. The van der Waals surface area contributed by atoms with Gasteiger partial charge < -0.3 is 4.90 Å². The van der Waals surface area contributed by atoms with Crippen LogP contribution in [0.3, 0.4) is 0 Å². The van der Waals surface area contributed by atoms with Gasteiger partial charge in [-0.15, -0.1) is 0 Å². The van der Waals surface area contributed by atoms with Gasteiger partial charge in [-0.1, -0.05) is 29.8 Å². The van der Waals surface area contributed by atoms with Crippen LogP contribution in [0, 0.1) is 13.8 Å². The molecule has 0 amide bonds. The molecule has 2 aromatic rings. The lowest BCUT2D eigenvalue weighted by Gasteiger charge is -2.34. The molecule has 0 aromatic heterocycles. The van der Waals surface area contributed by atoms with Gasteiger partial charge in [0.25, 0.3) is 0 Å². The van der Waals surface area contributed by atoms with Crippen molar-refractivity contribution in [2.24, 2.45) is 0 Å². The van der Waals surface area contributed by atoms with Gasteiger partial charge in [-0.3, -0.25) is 0 Å². The van der Waals surface area contributed by atoms with Crippen LogP contribution in [0.1, 0.15) is 16.7 Å². The molecule has 0 saturated carbocycles. The van der Waals surface area contributed by atoms with E-state index in [0.29, 0.717) is 18.0 Å². The third kappa shape index (κ3) is 4.46. The minimum atomic E-state index is -3.41. The predicted molar refractivity (Wildman–Crippen MR) is 106 cm³/mol. The molecule has 3 rings (SSSR count). The van der Waals surface area contributed by atoms with Gasteiger partial charge in [-0.2, -0.15) is 4.31 Å². The highest BCUT2D eigenvalue weighted by Gasteiger charge is 2.28. The largest absolute Gasteiger partial charge is 0.300 e. The van der Waals surface area contributed by atoms with E-state index in [4.69, 9.17) is 11.6 Å². The fraction of sp³-hybridized carbons (Fsp3) is 0.400. The first-order valence-corrected chi connectivity index (χ1v) is 10.7.